The zero-order chi connectivity index (χ0) is 18.2. The topological polar surface area (TPSA) is 72.5 Å². The number of benzene rings is 2. The molecular formula is C18H16FNO4S. The lowest BCUT2D eigenvalue weighted by molar-refractivity contribution is -0.131. The molecule has 0 spiro atoms. The van der Waals surface area contributed by atoms with E-state index in [1.165, 1.54) is 31.2 Å². The summed E-state index contributed by atoms with van der Waals surface area (Å²) in [7, 11) is 0. The molecule has 0 saturated heterocycles. The number of amides is 1. The number of anilines is 1. The minimum absolute atomic E-state index is 0.00526. The summed E-state index contributed by atoms with van der Waals surface area (Å²) >= 11 is 1.10. The fraction of sp³-hybridized carbons (Fsp3) is 0.167. The van der Waals surface area contributed by atoms with E-state index < -0.39 is 5.97 Å². The smallest absolute Gasteiger partial charge is 0.321 e. The number of halogens is 1. The van der Waals surface area contributed by atoms with Gasteiger partial charge in [0.25, 0.3) is 0 Å². The van der Waals surface area contributed by atoms with Crippen LogP contribution in [0.2, 0.25) is 0 Å². The van der Waals surface area contributed by atoms with E-state index in [0.29, 0.717) is 17.0 Å². The van der Waals surface area contributed by atoms with Gasteiger partial charge in [-0.3, -0.25) is 14.4 Å². The van der Waals surface area contributed by atoms with Gasteiger partial charge in [0.2, 0.25) is 5.91 Å². The number of ether oxygens (including phenoxy) is 1. The summed E-state index contributed by atoms with van der Waals surface area (Å²) in [6.07, 6.45) is 0. The first kappa shape index (κ1) is 18.7. The first-order valence-corrected chi connectivity index (χ1v) is 8.54. The number of hydrogen-bond donors (Lipinski definition) is 1. The van der Waals surface area contributed by atoms with E-state index in [2.05, 4.69) is 5.32 Å². The summed E-state index contributed by atoms with van der Waals surface area (Å²) in [6, 6.07) is 11.6. The molecule has 0 heterocycles. The molecule has 0 unspecified atom stereocenters. The van der Waals surface area contributed by atoms with Gasteiger partial charge >= 0.3 is 5.97 Å². The predicted octanol–water partition coefficient (Wildman–Crippen LogP) is 3.31. The highest BCUT2D eigenvalue weighted by Gasteiger charge is 2.09. The van der Waals surface area contributed by atoms with Crippen LogP contribution < -0.4 is 10.1 Å². The van der Waals surface area contributed by atoms with E-state index >= 15 is 0 Å². The molecule has 0 aromatic heterocycles. The fourth-order valence-corrected chi connectivity index (χ4v) is 2.46. The molecule has 0 fully saturated rings. The highest BCUT2D eigenvalue weighted by molar-refractivity contribution is 8.00. The maximum absolute atomic E-state index is 12.8. The molecule has 0 radical (unpaired) electrons. The molecular weight excluding hydrogens is 345 g/mol. The highest BCUT2D eigenvalue weighted by atomic mass is 32.2. The van der Waals surface area contributed by atoms with Crippen LogP contribution in [0.1, 0.15) is 17.3 Å². The van der Waals surface area contributed by atoms with E-state index in [1.54, 1.807) is 24.3 Å². The lowest BCUT2D eigenvalue weighted by atomic mass is 10.1. The first-order valence-electron chi connectivity index (χ1n) is 7.39. The molecule has 0 atom stereocenters. The van der Waals surface area contributed by atoms with Crippen molar-refractivity contribution in [1.82, 2.24) is 0 Å². The van der Waals surface area contributed by atoms with E-state index in [-0.39, 0.29) is 29.0 Å². The van der Waals surface area contributed by atoms with Crippen molar-refractivity contribution in [3.05, 3.63) is 59.9 Å². The number of esters is 1. The molecule has 5 nitrogen and oxygen atoms in total. The lowest BCUT2D eigenvalue weighted by Crippen LogP contribution is -2.17. The van der Waals surface area contributed by atoms with Crippen LogP contribution in [0, 0.1) is 5.82 Å². The van der Waals surface area contributed by atoms with Gasteiger partial charge in [-0.2, -0.15) is 0 Å². The molecule has 0 aliphatic heterocycles. The number of ketones is 1. The number of rotatable bonds is 7. The van der Waals surface area contributed by atoms with Crippen molar-refractivity contribution >= 4 is 35.1 Å². The average molecular weight is 361 g/mol. The van der Waals surface area contributed by atoms with Crippen molar-refractivity contribution in [2.75, 3.05) is 16.8 Å². The number of carbonyl (C=O) groups excluding carboxylic acids is 3. The Kier molecular flexibility index (Phi) is 6.71. The number of carbonyl (C=O) groups is 3. The third-order valence-electron chi connectivity index (χ3n) is 3.07. The Hall–Kier alpha value is -2.67. The van der Waals surface area contributed by atoms with Gasteiger partial charge in [0, 0.05) is 11.3 Å². The Morgan fingerprint density at radius 3 is 2.24 bits per heavy atom. The zero-order valence-electron chi connectivity index (χ0n) is 13.5. The molecule has 0 aliphatic rings. The Labute approximate surface area is 148 Å². The van der Waals surface area contributed by atoms with Gasteiger partial charge < -0.3 is 10.1 Å². The molecule has 0 aliphatic carbocycles. The van der Waals surface area contributed by atoms with E-state index in [0.717, 1.165) is 11.8 Å². The summed E-state index contributed by atoms with van der Waals surface area (Å²) in [5.41, 5.74) is 1.02. The van der Waals surface area contributed by atoms with Gasteiger partial charge in [0.1, 0.15) is 11.6 Å². The lowest BCUT2D eigenvalue weighted by Gasteiger charge is -2.06. The Morgan fingerprint density at radius 2 is 1.64 bits per heavy atom. The van der Waals surface area contributed by atoms with Crippen LogP contribution in [0.5, 0.6) is 5.75 Å². The minimum atomic E-state index is -0.491. The molecule has 0 bridgehead atoms. The van der Waals surface area contributed by atoms with Crippen molar-refractivity contribution in [2.45, 2.75) is 6.92 Å². The van der Waals surface area contributed by atoms with Crippen LogP contribution in [0.3, 0.4) is 0 Å². The molecule has 2 aromatic rings. The second kappa shape index (κ2) is 8.98. The maximum atomic E-state index is 12.8. The van der Waals surface area contributed by atoms with Gasteiger partial charge in [0.05, 0.1) is 11.5 Å². The normalized spacial score (nSPS) is 10.2. The largest absolute Gasteiger partial charge is 0.426 e. The van der Waals surface area contributed by atoms with Gasteiger partial charge in [-0.05, 0) is 55.5 Å². The number of Topliss-reactive ketones (excluding diaryl/α,β-unsaturated/α-hetero) is 1. The van der Waals surface area contributed by atoms with Crippen LogP contribution >= 0.6 is 11.8 Å². The van der Waals surface area contributed by atoms with Crippen molar-refractivity contribution in [2.24, 2.45) is 0 Å². The van der Waals surface area contributed by atoms with Gasteiger partial charge in [0.15, 0.2) is 5.78 Å². The first-order chi connectivity index (χ1) is 11.9. The van der Waals surface area contributed by atoms with Crippen LogP contribution in [-0.2, 0) is 9.59 Å². The van der Waals surface area contributed by atoms with Crippen molar-refractivity contribution < 1.29 is 23.5 Å². The summed E-state index contributed by atoms with van der Waals surface area (Å²) in [6.45, 7) is 1.45. The molecule has 25 heavy (non-hydrogen) atoms. The molecule has 2 aromatic carbocycles. The average Bonchev–Trinajstić information content (AvgIpc) is 2.57. The van der Waals surface area contributed by atoms with E-state index in [1.807, 2.05) is 0 Å². The third kappa shape index (κ3) is 6.39. The molecule has 130 valence electrons. The van der Waals surface area contributed by atoms with E-state index in [4.69, 9.17) is 4.74 Å². The number of thioether (sulfide) groups is 1. The fourth-order valence-electron chi connectivity index (χ4n) is 1.88. The third-order valence-corrected chi connectivity index (χ3v) is 3.98. The SMILES string of the molecule is CC(=O)c1ccc(OC(=O)CSCC(=O)Nc2ccc(F)cc2)cc1. The summed E-state index contributed by atoms with van der Waals surface area (Å²) in [5, 5.41) is 2.60. The zero-order valence-corrected chi connectivity index (χ0v) is 14.3. The van der Waals surface area contributed by atoms with Crippen LogP contribution in [0.4, 0.5) is 10.1 Å². The predicted molar refractivity (Wildman–Crippen MR) is 94.4 cm³/mol. The molecule has 1 amide bonds. The highest BCUT2D eigenvalue weighted by Crippen LogP contribution is 2.14. The summed E-state index contributed by atoms with van der Waals surface area (Å²) in [5.74, 6) is -0.829. The number of hydrogen-bond acceptors (Lipinski definition) is 5. The van der Waals surface area contributed by atoms with Gasteiger partial charge in [-0.15, -0.1) is 11.8 Å². The summed E-state index contributed by atoms with van der Waals surface area (Å²) < 4.78 is 17.9. The molecule has 1 N–H and O–H groups in total. The van der Waals surface area contributed by atoms with Crippen molar-refractivity contribution in [3.8, 4) is 5.75 Å². The molecule has 2 rings (SSSR count). The second-order valence-corrected chi connectivity index (χ2v) is 6.09. The Bertz CT molecular complexity index is 760. The Balaban J connectivity index is 1.71. The van der Waals surface area contributed by atoms with Crippen LogP contribution in [0.15, 0.2) is 48.5 Å². The van der Waals surface area contributed by atoms with Gasteiger partial charge in [-0.25, -0.2) is 4.39 Å². The van der Waals surface area contributed by atoms with Crippen molar-refractivity contribution in [3.63, 3.8) is 0 Å². The number of nitrogens with one attached hydrogen (secondary N) is 1. The second-order valence-electron chi connectivity index (χ2n) is 5.10. The van der Waals surface area contributed by atoms with E-state index in [9.17, 15) is 18.8 Å². The Morgan fingerprint density at radius 1 is 1.00 bits per heavy atom. The minimum Gasteiger partial charge on any atom is -0.426 e. The molecule has 0 saturated carbocycles. The molecule has 7 heteroatoms. The van der Waals surface area contributed by atoms with Crippen molar-refractivity contribution in [1.29, 1.82) is 0 Å². The maximum Gasteiger partial charge on any atom is 0.321 e. The van der Waals surface area contributed by atoms with Crippen LogP contribution in [0.25, 0.3) is 0 Å². The monoisotopic (exact) mass is 361 g/mol. The standard InChI is InChI=1S/C18H16FNO4S/c1-12(21)13-2-8-16(9-3-13)24-18(23)11-25-10-17(22)20-15-6-4-14(19)5-7-15/h2-9H,10-11H2,1H3,(H,20,22). The quantitative estimate of drug-likeness (QED) is 0.465. The van der Waals surface area contributed by atoms with Gasteiger partial charge in [-0.1, -0.05) is 0 Å². The summed E-state index contributed by atoms with van der Waals surface area (Å²) in [4.78, 5) is 34.6. The van der Waals surface area contributed by atoms with Crippen LogP contribution in [-0.4, -0.2) is 29.2 Å².